The summed E-state index contributed by atoms with van der Waals surface area (Å²) < 4.78 is 2.35. The lowest BCUT2D eigenvalue weighted by Gasteiger charge is -2.13. The Morgan fingerprint density at radius 2 is 1.96 bits per heavy atom. The highest BCUT2D eigenvalue weighted by Gasteiger charge is 2.19. The second-order valence-electron chi connectivity index (χ2n) is 6.96. The first-order valence-electron chi connectivity index (χ1n) is 8.93. The van der Waals surface area contributed by atoms with E-state index in [1.54, 1.807) is 0 Å². The molecular weight excluding hydrogens is 296 g/mol. The summed E-state index contributed by atoms with van der Waals surface area (Å²) >= 11 is 0. The summed E-state index contributed by atoms with van der Waals surface area (Å²) in [5, 5.41) is 1.35. The van der Waals surface area contributed by atoms with Gasteiger partial charge in [-0.1, -0.05) is 13.0 Å². The van der Waals surface area contributed by atoms with Crippen LogP contribution in [0.2, 0.25) is 0 Å². The molecule has 3 nitrogen and oxygen atoms in total. The van der Waals surface area contributed by atoms with Crippen molar-refractivity contribution in [1.29, 1.82) is 0 Å². The lowest BCUT2D eigenvalue weighted by Crippen LogP contribution is -2.12. The molecule has 1 aromatic carbocycles. The summed E-state index contributed by atoms with van der Waals surface area (Å²) in [6.45, 7) is 4.01. The van der Waals surface area contributed by atoms with E-state index in [2.05, 4.69) is 41.7 Å². The largest absolute Gasteiger partial charge is 0.347 e. The molecule has 2 heterocycles. The normalized spacial score (nSPS) is 14.1. The van der Waals surface area contributed by atoms with Crippen LogP contribution < -0.4 is 5.56 Å². The van der Waals surface area contributed by atoms with Crippen molar-refractivity contribution in [3.63, 3.8) is 0 Å². The van der Waals surface area contributed by atoms with Gasteiger partial charge in [0.1, 0.15) is 0 Å². The molecule has 3 aromatic rings. The minimum Gasteiger partial charge on any atom is -0.347 e. The van der Waals surface area contributed by atoms with Crippen molar-refractivity contribution < 1.29 is 0 Å². The van der Waals surface area contributed by atoms with Gasteiger partial charge < -0.3 is 9.55 Å². The number of aryl methyl sites for hydroxylation is 4. The number of hydrogen-bond donors (Lipinski definition) is 1. The van der Waals surface area contributed by atoms with Crippen molar-refractivity contribution in [3.05, 3.63) is 57.0 Å². The van der Waals surface area contributed by atoms with Crippen molar-refractivity contribution in [3.8, 4) is 11.3 Å². The second kappa shape index (κ2) is 5.66. The average molecular weight is 320 g/mol. The van der Waals surface area contributed by atoms with E-state index < -0.39 is 0 Å². The predicted octanol–water partition coefficient (Wildman–Crippen LogP) is 4.28. The fraction of sp³-hybridized carbons (Fsp3) is 0.381. The number of hydrogen-bond acceptors (Lipinski definition) is 1. The molecule has 0 unspecified atom stereocenters. The van der Waals surface area contributed by atoms with Crippen LogP contribution in [-0.2, 0) is 26.3 Å². The average Bonchev–Trinajstić information content (AvgIpc) is 2.89. The van der Waals surface area contributed by atoms with Crippen LogP contribution in [-0.4, -0.2) is 9.55 Å². The molecule has 0 amide bonds. The van der Waals surface area contributed by atoms with Crippen LogP contribution >= 0.6 is 0 Å². The lowest BCUT2D eigenvalue weighted by molar-refractivity contribution is 0.653. The monoisotopic (exact) mass is 320 g/mol. The molecule has 1 N–H and O–H groups in total. The highest BCUT2D eigenvalue weighted by molar-refractivity contribution is 5.90. The number of fused-ring (bicyclic) bond motifs is 3. The van der Waals surface area contributed by atoms with Crippen LogP contribution in [0.5, 0.6) is 0 Å². The Hall–Kier alpha value is -2.29. The number of H-pyrrole nitrogens is 1. The minimum atomic E-state index is 0.0115. The van der Waals surface area contributed by atoms with Gasteiger partial charge >= 0.3 is 0 Å². The number of benzene rings is 1. The maximum absolute atomic E-state index is 12.1. The summed E-state index contributed by atoms with van der Waals surface area (Å²) in [5.74, 6) is 0. The molecular formula is C21H24N2O. The topological polar surface area (TPSA) is 37.8 Å². The van der Waals surface area contributed by atoms with E-state index in [1.807, 2.05) is 13.0 Å². The first-order chi connectivity index (χ1) is 11.6. The lowest BCUT2D eigenvalue weighted by atomic mass is 9.94. The smallest absolute Gasteiger partial charge is 0.251 e. The fourth-order valence-electron chi connectivity index (χ4n) is 4.15. The summed E-state index contributed by atoms with van der Waals surface area (Å²) in [6, 6.07) is 8.66. The van der Waals surface area contributed by atoms with E-state index >= 15 is 0 Å². The Morgan fingerprint density at radius 1 is 1.17 bits per heavy atom. The Morgan fingerprint density at radius 3 is 2.75 bits per heavy atom. The van der Waals surface area contributed by atoms with Gasteiger partial charge in [-0.2, -0.15) is 0 Å². The Kier molecular flexibility index (Phi) is 3.60. The maximum atomic E-state index is 12.1. The van der Waals surface area contributed by atoms with Gasteiger partial charge in [0.2, 0.25) is 0 Å². The van der Waals surface area contributed by atoms with E-state index in [1.165, 1.54) is 53.4 Å². The second-order valence-corrected chi connectivity index (χ2v) is 6.96. The van der Waals surface area contributed by atoms with Crippen LogP contribution in [0, 0.1) is 6.92 Å². The quantitative estimate of drug-likeness (QED) is 0.752. The van der Waals surface area contributed by atoms with E-state index in [9.17, 15) is 4.79 Å². The molecule has 0 radical (unpaired) electrons. The van der Waals surface area contributed by atoms with Crippen LogP contribution in [0.4, 0.5) is 0 Å². The molecule has 0 fully saturated rings. The van der Waals surface area contributed by atoms with Gasteiger partial charge in [-0.3, -0.25) is 4.79 Å². The summed E-state index contributed by atoms with van der Waals surface area (Å²) in [6.07, 6.45) is 5.82. The van der Waals surface area contributed by atoms with Gasteiger partial charge in [0.15, 0.2) is 0 Å². The van der Waals surface area contributed by atoms with Crippen LogP contribution in [0.3, 0.4) is 0 Å². The molecule has 4 rings (SSSR count). The SMILES string of the molecule is CCc1cc(C)c(=O)[nH]c1-c1ccc2c(c1)c1c(n2C)CCCC1. The Bertz CT molecular complexity index is 991. The third-order valence-corrected chi connectivity index (χ3v) is 5.50. The number of aromatic amines is 1. The number of nitrogens with zero attached hydrogens (tertiary/aromatic N) is 1. The predicted molar refractivity (Wildman–Crippen MR) is 99.7 cm³/mol. The molecule has 24 heavy (non-hydrogen) atoms. The van der Waals surface area contributed by atoms with Crippen molar-refractivity contribution in [2.75, 3.05) is 0 Å². The van der Waals surface area contributed by atoms with E-state index in [-0.39, 0.29) is 5.56 Å². The van der Waals surface area contributed by atoms with E-state index in [0.717, 1.165) is 23.2 Å². The van der Waals surface area contributed by atoms with Crippen molar-refractivity contribution in [2.45, 2.75) is 46.0 Å². The summed E-state index contributed by atoms with van der Waals surface area (Å²) in [7, 11) is 2.18. The molecule has 0 saturated heterocycles. The van der Waals surface area contributed by atoms with Crippen LogP contribution in [0.1, 0.15) is 42.1 Å². The Labute approximate surface area is 142 Å². The highest BCUT2D eigenvalue weighted by atomic mass is 16.1. The third-order valence-electron chi connectivity index (χ3n) is 5.50. The zero-order valence-corrected chi connectivity index (χ0v) is 14.7. The highest BCUT2D eigenvalue weighted by Crippen LogP contribution is 2.34. The van der Waals surface area contributed by atoms with Crippen molar-refractivity contribution >= 4 is 10.9 Å². The number of rotatable bonds is 2. The molecule has 0 spiro atoms. The molecule has 0 atom stereocenters. The zero-order valence-electron chi connectivity index (χ0n) is 14.7. The van der Waals surface area contributed by atoms with Gasteiger partial charge in [0.05, 0.1) is 5.69 Å². The van der Waals surface area contributed by atoms with E-state index in [0.29, 0.717) is 0 Å². The molecule has 0 aliphatic heterocycles. The first-order valence-corrected chi connectivity index (χ1v) is 8.93. The van der Waals surface area contributed by atoms with E-state index in [4.69, 9.17) is 0 Å². The van der Waals surface area contributed by atoms with Gasteiger partial charge in [-0.25, -0.2) is 0 Å². The van der Waals surface area contributed by atoms with Crippen molar-refractivity contribution in [2.24, 2.45) is 7.05 Å². The first kappa shape index (κ1) is 15.3. The molecule has 124 valence electrons. The Balaban J connectivity index is 1.96. The number of pyridine rings is 1. The number of aromatic nitrogens is 2. The fourth-order valence-corrected chi connectivity index (χ4v) is 4.15. The molecule has 0 bridgehead atoms. The summed E-state index contributed by atoms with van der Waals surface area (Å²) in [4.78, 5) is 15.2. The third kappa shape index (κ3) is 2.22. The number of nitrogens with one attached hydrogen (secondary N) is 1. The van der Waals surface area contributed by atoms with Crippen molar-refractivity contribution in [1.82, 2.24) is 9.55 Å². The summed E-state index contributed by atoms with van der Waals surface area (Å²) in [5.41, 5.74) is 8.40. The van der Waals surface area contributed by atoms with Gasteiger partial charge in [-0.15, -0.1) is 0 Å². The molecule has 2 aromatic heterocycles. The van der Waals surface area contributed by atoms with Gasteiger partial charge in [0.25, 0.3) is 5.56 Å². The maximum Gasteiger partial charge on any atom is 0.251 e. The molecule has 0 saturated carbocycles. The molecule has 1 aliphatic rings. The van der Waals surface area contributed by atoms with Gasteiger partial charge in [-0.05, 0) is 73.9 Å². The molecule has 1 aliphatic carbocycles. The van der Waals surface area contributed by atoms with Crippen LogP contribution in [0.15, 0.2) is 29.1 Å². The molecule has 3 heteroatoms. The van der Waals surface area contributed by atoms with Gasteiger partial charge in [0, 0.05) is 29.2 Å². The van der Waals surface area contributed by atoms with Crippen LogP contribution in [0.25, 0.3) is 22.2 Å². The standard InChI is InChI=1S/C21H24N2O/c1-4-14-11-13(2)21(24)22-20(14)15-9-10-19-17(12-15)16-7-5-6-8-18(16)23(19)3/h9-12H,4-8H2,1-3H3,(H,22,24). The minimum absolute atomic E-state index is 0.0115. The zero-order chi connectivity index (χ0) is 16.8.